The summed E-state index contributed by atoms with van der Waals surface area (Å²) in [5.41, 5.74) is 2.60. The number of hydrogen-bond donors (Lipinski definition) is 1. The largest absolute Gasteiger partial charge is 0.342 e. The second kappa shape index (κ2) is 7.40. The van der Waals surface area contributed by atoms with Crippen molar-refractivity contribution in [3.05, 3.63) is 62.9 Å². The van der Waals surface area contributed by atoms with E-state index < -0.39 is 20.6 Å². The van der Waals surface area contributed by atoms with Crippen LogP contribution < -0.4 is 0 Å². The Morgan fingerprint density at radius 1 is 1.21 bits per heavy atom. The molecule has 0 atom stereocenters. The fourth-order valence-corrected chi connectivity index (χ4v) is 5.32. The van der Waals surface area contributed by atoms with E-state index >= 15 is 0 Å². The van der Waals surface area contributed by atoms with Crippen molar-refractivity contribution in [2.24, 2.45) is 0 Å². The van der Waals surface area contributed by atoms with Crippen LogP contribution in [-0.2, 0) is 10.0 Å². The summed E-state index contributed by atoms with van der Waals surface area (Å²) in [6.45, 7) is 2.66. The third-order valence-corrected chi connectivity index (χ3v) is 7.46. The minimum absolute atomic E-state index is 0.0900. The molecule has 0 aliphatic carbocycles. The number of sulfonamides is 1. The Hall–Kier alpha value is -2.49. The first-order chi connectivity index (χ1) is 13.8. The molecule has 1 saturated heterocycles. The van der Waals surface area contributed by atoms with Gasteiger partial charge in [-0.1, -0.05) is 17.7 Å². The van der Waals surface area contributed by atoms with E-state index in [-0.39, 0.29) is 15.8 Å². The van der Waals surface area contributed by atoms with Crippen molar-refractivity contribution in [3.63, 3.8) is 0 Å². The first kappa shape index (κ1) is 19.8. The Morgan fingerprint density at radius 2 is 1.93 bits per heavy atom. The van der Waals surface area contributed by atoms with Gasteiger partial charge in [-0.15, -0.1) is 0 Å². The summed E-state index contributed by atoms with van der Waals surface area (Å²) in [5, 5.41) is 11.0. The van der Waals surface area contributed by atoms with Gasteiger partial charge < -0.3 is 4.98 Å². The molecule has 0 unspecified atom stereocenters. The average Bonchev–Trinajstić information content (AvgIpc) is 3.11. The quantitative estimate of drug-likeness (QED) is 0.493. The Labute approximate surface area is 172 Å². The van der Waals surface area contributed by atoms with Crippen LogP contribution in [0.1, 0.15) is 30.1 Å². The Morgan fingerprint density at radius 3 is 2.62 bits per heavy atom. The van der Waals surface area contributed by atoms with Gasteiger partial charge in [0.1, 0.15) is 10.8 Å². The number of hydrogen-bond acceptors (Lipinski definition) is 5. The van der Waals surface area contributed by atoms with Gasteiger partial charge >= 0.3 is 0 Å². The number of nitro groups is 1. The number of aromatic amines is 1. The van der Waals surface area contributed by atoms with E-state index in [2.05, 4.69) is 9.97 Å². The number of halogens is 1. The van der Waals surface area contributed by atoms with Crippen molar-refractivity contribution < 1.29 is 13.3 Å². The lowest BCUT2D eigenvalue weighted by atomic mass is 9.97. The van der Waals surface area contributed by atoms with Gasteiger partial charge in [0.25, 0.3) is 5.69 Å². The predicted octanol–water partition coefficient (Wildman–Crippen LogP) is 4.00. The second-order valence-corrected chi connectivity index (χ2v) is 9.54. The van der Waals surface area contributed by atoms with Gasteiger partial charge in [-0.2, -0.15) is 4.31 Å². The van der Waals surface area contributed by atoms with Gasteiger partial charge in [-0.05, 0) is 49.6 Å². The maximum atomic E-state index is 12.9. The molecule has 0 bridgehead atoms. The summed E-state index contributed by atoms with van der Waals surface area (Å²) >= 11 is 5.80. The van der Waals surface area contributed by atoms with Gasteiger partial charge in [0, 0.05) is 25.1 Å². The highest BCUT2D eigenvalue weighted by atomic mass is 35.5. The van der Waals surface area contributed by atoms with Crippen LogP contribution in [0.4, 0.5) is 5.69 Å². The summed E-state index contributed by atoms with van der Waals surface area (Å²) in [4.78, 5) is 18.3. The van der Waals surface area contributed by atoms with Crippen molar-refractivity contribution in [3.8, 4) is 0 Å². The topological polar surface area (TPSA) is 109 Å². The number of imidazole rings is 1. The van der Waals surface area contributed by atoms with E-state index in [0.29, 0.717) is 25.9 Å². The molecule has 29 heavy (non-hydrogen) atoms. The summed E-state index contributed by atoms with van der Waals surface area (Å²) in [6, 6.07) is 9.59. The molecule has 0 radical (unpaired) electrons. The van der Waals surface area contributed by atoms with Crippen LogP contribution in [-0.4, -0.2) is 40.7 Å². The third kappa shape index (κ3) is 3.73. The smallest absolute Gasteiger partial charge is 0.289 e. The fraction of sp³-hybridized carbons (Fsp3) is 0.316. The van der Waals surface area contributed by atoms with E-state index in [9.17, 15) is 18.5 Å². The molecule has 10 heteroatoms. The van der Waals surface area contributed by atoms with Gasteiger partial charge in [-0.3, -0.25) is 10.1 Å². The zero-order chi connectivity index (χ0) is 20.8. The predicted molar refractivity (Wildman–Crippen MR) is 110 cm³/mol. The molecule has 3 aromatic rings. The molecule has 152 valence electrons. The van der Waals surface area contributed by atoms with Crippen molar-refractivity contribution >= 4 is 38.3 Å². The van der Waals surface area contributed by atoms with E-state index in [1.165, 1.54) is 16.4 Å². The molecule has 1 aliphatic heterocycles. The number of benzene rings is 2. The van der Waals surface area contributed by atoms with Crippen LogP contribution in [0.2, 0.25) is 5.02 Å². The number of aryl methyl sites for hydroxylation is 1. The zero-order valence-corrected chi connectivity index (χ0v) is 17.2. The Balaban J connectivity index is 1.52. The van der Waals surface area contributed by atoms with E-state index in [1.54, 1.807) is 0 Å². The van der Waals surface area contributed by atoms with Crippen LogP contribution in [0.15, 0.2) is 41.3 Å². The van der Waals surface area contributed by atoms with E-state index in [0.717, 1.165) is 28.5 Å². The zero-order valence-electron chi connectivity index (χ0n) is 15.6. The van der Waals surface area contributed by atoms with Gasteiger partial charge in [0.05, 0.1) is 20.9 Å². The van der Waals surface area contributed by atoms with E-state index in [1.807, 2.05) is 25.1 Å². The maximum absolute atomic E-state index is 12.9. The molecule has 0 amide bonds. The highest BCUT2D eigenvalue weighted by Gasteiger charge is 2.32. The molecule has 1 N–H and O–H groups in total. The molecular formula is C19H19ClN4O4S. The van der Waals surface area contributed by atoms with E-state index in [4.69, 9.17) is 11.6 Å². The van der Waals surface area contributed by atoms with Crippen molar-refractivity contribution in [1.82, 2.24) is 14.3 Å². The molecule has 0 saturated carbocycles. The lowest BCUT2D eigenvalue weighted by Crippen LogP contribution is -2.38. The SMILES string of the molecule is Cc1ccc2nc(C3CCN(S(=O)(=O)c4ccc(Cl)c([N+](=O)[O-])c4)CC3)[nH]c2c1. The molecule has 2 heterocycles. The number of nitrogens with one attached hydrogen (secondary N) is 1. The van der Waals surface area contributed by atoms with Crippen molar-refractivity contribution in [1.29, 1.82) is 0 Å². The molecule has 1 fully saturated rings. The minimum atomic E-state index is -3.83. The molecular weight excluding hydrogens is 416 g/mol. The molecule has 4 rings (SSSR count). The summed E-state index contributed by atoms with van der Waals surface area (Å²) in [7, 11) is -3.83. The van der Waals surface area contributed by atoms with Crippen LogP contribution in [0.25, 0.3) is 11.0 Å². The monoisotopic (exact) mass is 434 g/mol. The number of nitrogens with zero attached hydrogens (tertiary/aromatic N) is 3. The number of H-pyrrole nitrogens is 1. The first-order valence-corrected chi connectivity index (χ1v) is 11.0. The molecule has 1 aliphatic rings. The van der Waals surface area contributed by atoms with Gasteiger partial charge in [0.15, 0.2) is 0 Å². The normalized spacial score (nSPS) is 16.3. The maximum Gasteiger partial charge on any atom is 0.289 e. The summed E-state index contributed by atoms with van der Waals surface area (Å²) < 4.78 is 27.2. The third-order valence-electron chi connectivity index (χ3n) is 5.25. The van der Waals surface area contributed by atoms with Crippen LogP contribution in [0.3, 0.4) is 0 Å². The first-order valence-electron chi connectivity index (χ1n) is 9.16. The van der Waals surface area contributed by atoms with Crippen molar-refractivity contribution in [2.45, 2.75) is 30.6 Å². The van der Waals surface area contributed by atoms with Gasteiger partial charge in [-0.25, -0.2) is 13.4 Å². The number of nitro benzene ring substituents is 1. The van der Waals surface area contributed by atoms with Crippen molar-refractivity contribution in [2.75, 3.05) is 13.1 Å². The number of piperidine rings is 1. The molecule has 1 aromatic heterocycles. The second-order valence-electron chi connectivity index (χ2n) is 7.19. The number of fused-ring (bicyclic) bond motifs is 1. The number of aromatic nitrogens is 2. The average molecular weight is 435 g/mol. The summed E-state index contributed by atoms with van der Waals surface area (Å²) in [6.07, 6.45) is 1.24. The highest BCUT2D eigenvalue weighted by molar-refractivity contribution is 7.89. The van der Waals surface area contributed by atoms with Crippen LogP contribution in [0.5, 0.6) is 0 Å². The highest BCUT2D eigenvalue weighted by Crippen LogP contribution is 2.33. The Bertz CT molecular complexity index is 1200. The standard InChI is InChI=1S/C19H19ClN4O4S/c1-12-2-5-16-17(10-12)22-19(21-16)13-6-8-23(9-7-13)29(27,28)14-3-4-15(20)18(11-14)24(25)26/h2-5,10-11,13H,6-9H2,1H3,(H,21,22). The Kier molecular flexibility index (Phi) is 5.05. The molecule has 8 nitrogen and oxygen atoms in total. The van der Waals surface area contributed by atoms with Crippen LogP contribution in [0, 0.1) is 17.0 Å². The molecule has 0 spiro atoms. The van der Waals surface area contributed by atoms with Crippen LogP contribution >= 0.6 is 11.6 Å². The minimum Gasteiger partial charge on any atom is -0.342 e. The van der Waals surface area contributed by atoms with Gasteiger partial charge in [0.2, 0.25) is 10.0 Å². The molecule has 2 aromatic carbocycles. The fourth-order valence-electron chi connectivity index (χ4n) is 3.65. The lowest BCUT2D eigenvalue weighted by Gasteiger charge is -2.30. The lowest BCUT2D eigenvalue weighted by molar-refractivity contribution is -0.384. The number of rotatable bonds is 4. The summed E-state index contributed by atoms with van der Waals surface area (Å²) in [5.74, 6) is 0.999.